The third-order valence-corrected chi connectivity index (χ3v) is 2.61. The van der Waals surface area contributed by atoms with Crippen molar-refractivity contribution < 1.29 is 14.6 Å². The molecule has 2 aromatic rings. The predicted octanol–water partition coefficient (Wildman–Crippen LogP) is 1.06. The Labute approximate surface area is 106 Å². The Kier molecular flexibility index (Phi) is 5.14. The molecule has 0 fully saturated rings. The summed E-state index contributed by atoms with van der Waals surface area (Å²) in [5.74, 6) is 0. The van der Waals surface area contributed by atoms with Gasteiger partial charge in [-0.25, -0.2) is 4.98 Å². The third kappa shape index (κ3) is 3.53. The second kappa shape index (κ2) is 7.10. The Bertz CT molecular complexity index is 470. The number of aliphatic hydroxyl groups is 1. The number of aromatic nitrogens is 2. The number of hydrogen-bond acceptors (Lipinski definition) is 4. The molecule has 0 unspecified atom stereocenters. The number of ether oxygens (including phenoxy) is 2. The standard InChI is InChI=1S/C13H18N2O3/c16-6-8-18-10-9-17-7-5-15-11-14-12-3-1-2-4-13(12)15/h1-4,11,16H,5-10H2. The minimum absolute atomic E-state index is 0.0566. The highest BCUT2D eigenvalue weighted by molar-refractivity contribution is 5.74. The first-order valence-corrected chi connectivity index (χ1v) is 6.08. The molecule has 0 aliphatic carbocycles. The van der Waals surface area contributed by atoms with Gasteiger partial charge in [0, 0.05) is 6.54 Å². The molecule has 0 atom stereocenters. The lowest BCUT2D eigenvalue weighted by Gasteiger charge is -2.06. The van der Waals surface area contributed by atoms with Crippen LogP contribution in [0.25, 0.3) is 11.0 Å². The molecule has 0 aliphatic rings. The summed E-state index contributed by atoms with van der Waals surface area (Å²) >= 11 is 0. The maximum Gasteiger partial charge on any atom is 0.0959 e. The average Bonchev–Trinajstić information content (AvgIpc) is 2.81. The zero-order valence-corrected chi connectivity index (χ0v) is 10.3. The lowest BCUT2D eigenvalue weighted by molar-refractivity contribution is 0.0311. The van der Waals surface area contributed by atoms with Gasteiger partial charge in [-0.3, -0.25) is 0 Å². The van der Waals surface area contributed by atoms with Crippen LogP contribution in [0.1, 0.15) is 0 Å². The van der Waals surface area contributed by atoms with Crippen molar-refractivity contribution in [3.63, 3.8) is 0 Å². The Balaban J connectivity index is 1.70. The van der Waals surface area contributed by atoms with Crippen LogP contribution in [-0.2, 0) is 16.0 Å². The monoisotopic (exact) mass is 250 g/mol. The van der Waals surface area contributed by atoms with Crippen LogP contribution in [0, 0.1) is 0 Å². The zero-order chi connectivity index (χ0) is 12.6. The van der Waals surface area contributed by atoms with Crippen LogP contribution >= 0.6 is 0 Å². The zero-order valence-electron chi connectivity index (χ0n) is 10.3. The van der Waals surface area contributed by atoms with Gasteiger partial charge in [-0.1, -0.05) is 12.1 Å². The number of aliphatic hydroxyl groups excluding tert-OH is 1. The van der Waals surface area contributed by atoms with Gasteiger partial charge < -0.3 is 19.1 Å². The molecular formula is C13H18N2O3. The van der Waals surface area contributed by atoms with Crippen molar-refractivity contribution in [1.82, 2.24) is 9.55 Å². The minimum atomic E-state index is 0.0566. The molecule has 98 valence electrons. The van der Waals surface area contributed by atoms with Gasteiger partial charge in [-0.05, 0) is 12.1 Å². The Morgan fingerprint density at radius 1 is 1.06 bits per heavy atom. The quantitative estimate of drug-likeness (QED) is 0.712. The fourth-order valence-corrected chi connectivity index (χ4v) is 1.74. The van der Waals surface area contributed by atoms with E-state index in [1.807, 2.05) is 30.6 Å². The fraction of sp³-hybridized carbons (Fsp3) is 0.462. The van der Waals surface area contributed by atoms with Crippen molar-refractivity contribution in [2.24, 2.45) is 0 Å². The Hall–Kier alpha value is -1.43. The first-order valence-electron chi connectivity index (χ1n) is 6.08. The number of rotatable bonds is 8. The molecule has 2 rings (SSSR count). The van der Waals surface area contributed by atoms with Gasteiger partial charge in [-0.15, -0.1) is 0 Å². The van der Waals surface area contributed by atoms with Crippen LogP contribution in [-0.4, -0.2) is 47.7 Å². The highest BCUT2D eigenvalue weighted by atomic mass is 16.5. The summed E-state index contributed by atoms with van der Waals surface area (Å²) < 4.78 is 12.6. The van der Waals surface area contributed by atoms with E-state index in [1.54, 1.807) is 0 Å². The van der Waals surface area contributed by atoms with Gasteiger partial charge in [-0.2, -0.15) is 0 Å². The molecule has 0 saturated heterocycles. The molecular weight excluding hydrogens is 232 g/mol. The van der Waals surface area contributed by atoms with Gasteiger partial charge >= 0.3 is 0 Å². The van der Waals surface area contributed by atoms with Crippen molar-refractivity contribution in [1.29, 1.82) is 0 Å². The average molecular weight is 250 g/mol. The fourth-order valence-electron chi connectivity index (χ4n) is 1.74. The van der Waals surface area contributed by atoms with Crippen LogP contribution in [0.3, 0.4) is 0 Å². The summed E-state index contributed by atoms with van der Waals surface area (Å²) in [6, 6.07) is 8.03. The number of para-hydroxylation sites is 2. The number of hydrogen-bond donors (Lipinski definition) is 1. The van der Waals surface area contributed by atoms with Crippen LogP contribution in [0.15, 0.2) is 30.6 Å². The molecule has 5 nitrogen and oxygen atoms in total. The number of nitrogens with zero attached hydrogens (tertiary/aromatic N) is 2. The summed E-state index contributed by atoms with van der Waals surface area (Å²) in [5, 5.41) is 8.52. The molecule has 1 aromatic heterocycles. The molecule has 0 aliphatic heterocycles. The summed E-state index contributed by atoms with van der Waals surface area (Å²) in [5.41, 5.74) is 2.13. The molecule has 1 aromatic carbocycles. The van der Waals surface area contributed by atoms with E-state index in [2.05, 4.69) is 9.55 Å². The van der Waals surface area contributed by atoms with E-state index < -0.39 is 0 Å². The highest BCUT2D eigenvalue weighted by Gasteiger charge is 2.00. The lowest BCUT2D eigenvalue weighted by Crippen LogP contribution is -2.10. The normalized spacial score (nSPS) is 11.2. The van der Waals surface area contributed by atoms with Crippen LogP contribution in [0.2, 0.25) is 0 Å². The molecule has 0 radical (unpaired) electrons. The first kappa shape index (κ1) is 13.0. The van der Waals surface area contributed by atoms with Gasteiger partial charge in [0.1, 0.15) is 0 Å². The second-order valence-corrected chi connectivity index (χ2v) is 3.88. The van der Waals surface area contributed by atoms with E-state index >= 15 is 0 Å². The van der Waals surface area contributed by atoms with Crippen LogP contribution < -0.4 is 0 Å². The summed E-state index contributed by atoms with van der Waals surface area (Å²) in [6.07, 6.45) is 1.83. The van der Waals surface area contributed by atoms with Crippen molar-refractivity contribution in [2.75, 3.05) is 33.0 Å². The van der Waals surface area contributed by atoms with E-state index in [9.17, 15) is 0 Å². The summed E-state index contributed by atoms with van der Waals surface area (Å²) in [6.45, 7) is 2.90. The molecule has 5 heteroatoms. The van der Waals surface area contributed by atoms with Gasteiger partial charge in [0.15, 0.2) is 0 Å². The van der Waals surface area contributed by atoms with Gasteiger partial charge in [0.25, 0.3) is 0 Å². The van der Waals surface area contributed by atoms with Gasteiger partial charge in [0.2, 0.25) is 0 Å². The molecule has 0 bridgehead atoms. The molecule has 1 heterocycles. The van der Waals surface area contributed by atoms with Crippen LogP contribution in [0.5, 0.6) is 0 Å². The van der Waals surface area contributed by atoms with Crippen molar-refractivity contribution >= 4 is 11.0 Å². The summed E-state index contributed by atoms with van der Waals surface area (Å²) in [7, 11) is 0. The maximum atomic E-state index is 8.52. The third-order valence-electron chi connectivity index (χ3n) is 2.61. The summed E-state index contributed by atoms with van der Waals surface area (Å²) in [4.78, 5) is 4.31. The van der Waals surface area contributed by atoms with Crippen molar-refractivity contribution in [2.45, 2.75) is 6.54 Å². The molecule has 0 spiro atoms. The molecule has 18 heavy (non-hydrogen) atoms. The Morgan fingerprint density at radius 3 is 2.67 bits per heavy atom. The lowest BCUT2D eigenvalue weighted by atomic mass is 10.3. The smallest absolute Gasteiger partial charge is 0.0959 e. The number of benzene rings is 1. The van der Waals surface area contributed by atoms with E-state index in [4.69, 9.17) is 14.6 Å². The topological polar surface area (TPSA) is 56.5 Å². The van der Waals surface area contributed by atoms with E-state index in [-0.39, 0.29) is 6.61 Å². The Morgan fingerprint density at radius 2 is 1.83 bits per heavy atom. The largest absolute Gasteiger partial charge is 0.394 e. The predicted molar refractivity (Wildman–Crippen MR) is 68.5 cm³/mol. The number of fused-ring (bicyclic) bond motifs is 1. The molecule has 1 N–H and O–H groups in total. The maximum absolute atomic E-state index is 8.52. The van der Waals surface area contributed by atoms with Crippen molar-refractivity contribution in [3.05, 3.63) is 30.6 Å². The first-order chi connectivity index (χ1) is 8.92. The highest BCUT2D eigenvalue weighted by Crippen LogP contribution is 2.11. The number of imidazole rings is 1. The van der Waals surface area contributed by atoms with E-state index in [0.717, 1.165) is 17.6 Å². The van der Waals surface area contributed by atoms with E-state index in [0.29, 0.717) is 26.4 Å². The van der Waals surface area contributed by atoms with Gasteiger partial charge in [0.05, 0.1) is 50.4 Å². The molecule has 0 amide bonds. The van der Waals surface area contributed by atoms with Crippen molar-refractivity contribution in [3.8, 4) is 0 Å². The van der Waals surface area contributed by atoms with E-state index in [1.165, 1.54) is 0 Å². The minimum Gasteiger partial charge on any atom is -0.394 e. The molecule has 0 saturated carbocycles. The SMILES string of the molecule is OCCOCCOCCn1cnc2ccccc21. The van der Waals surface area contributed by atoms with Crippen LogP contribution in [0.4, 0.5) is 0 Å². The second-order valence-electron chi connectivity index (χ2n) is 3.88.